The van der Waals surface area contributed by atoms with Gasteiger partial charge in [-0.2, -0.15) is 0 Å². The molecule has 0 bridgehead atoms. The van der Waals surface area contributed by atoms with E-state index in [1.54, 1.807) is 0 Å². The zero-order valence-corrected chi connectivity index (χ0v) is 7.42. The molecule has 0 aromatic rings. The average molecular weight is 168 g/mol. The summed E-state index contributed by atoms with van der Waals surface area (Å²) >= 11 is 0. The van der Waals surface area contributed by atoms with E-state index in [1.807, 2.05) is 6.08 Å². The largest absolute Gasteiger partial charge is 0.465 e. The highest BCUT2D eigenvalue weighted by atomic mass is 16.5. The molecule has 0 fully saturated rings. The van der Waals surface area contributed by atoms with Crippen molar-refractivity contribution in [1.82, 2.24) is 0 Å². The Hall–Kier alpha value is -0.790. The van der Waals surface area contributed by atoms with E-state index in [2.05, 4.69) is 6.08 Å². The highest BCUT2D eigenvalue weighted by Gasteiger charge is 1.99. The summed E-state index contributed by atoms with van der Waals surface area (Å²) in [7, 11) is 0. The van der Waals surface area contributed by atoms with Crippen LogP contribution in [0.5, 0.6) is 0 Å². The normalized spacial score (nSPS) is 21.2. The molecule has 2 heteroatoms. The zero-order valence-electron chi connectivity index (χ0n) is 7.42. The minimum atomic E-state index is -0.0897. The molecule has 0 aromatic carbocycles. The maximum absolute atomic E-state index is 10.9. The summed E-state index contributed by atoms with van der Waals surface area (Å²) in [6.07, 6.45) is 10.2. The molecule has 12 heavy (non-hydrogen) atoms. The standard InChI is InChI=1S/C10H16O2/c11-10-8-6-4-2-1-3-5-7-9-12-10/h4,6H,1-3,5,7-9H2. The van der Waals surface area contributed by atoms with Crippen LogP contribution in [0.3, 0.4) is 0 Å². The Balaban J connectivity index is 2.28. The number of carbonyl (C=O) groups is 1. The van der Waals surface area contributed by atoms with Crippen LogP contribution in [-0.4, -0.2) is 12.6 Å². The Kier molecular flexibility index (Phi) is 4.50. The molecule has 0 aliphatic carbocycles. The zero-order chi connectivity index (χ0) is 8.65. The van der Waals surface area contributed by atoms with Crippen molar-refractivity contribution in [2.24, 2.45) is 0 Å². The monoisotopic (exact) mass is 168 g/mol. The van der Waals surface area contributed by atoms with Crippen LogP contribution in [0.25, 0.3) is 0 Å². The molecule has 0 saturated heterocycles. The van der Waals surface area contributed by atoms with Crippen LogP contribution >= 0.6 is 0 Å². The third-order valence-electron chi connectivity index (χ3n) is 1.98. The van der Waals surface area contributed by atoms with Crippen molar-refractivity contribution in [2.75, 3.05) is 6.61 Å². The molecule has 68 valence electrons. The van der Waals surface area contributed by atoms with E-state index < -0.39 is 0 Å². The predicted molar refractivity (Wildman–Crippen MR) is 47.8 cm³/mol. The third kappa shape index (κ3) is 4.16. The number of carbonyl (C=O) groups excluding carboxylic acids is 1. The van der Waals surface area contributed by atoms with Crippen LogP contribution in [0, 0.1) is 0 Å². The number of hydrogen-bond acceptors (Lipinski definition) is 2. The molecule has 0 spiro atoms. The van der Waals surface area contributed by atoms with Crippen molar-refractivity contribution in [3.8, 4) is 0 Å². The maximum atomic E-state index is 10.9. The predicted octanol–water partition coefficient (Wildman–Crippen LogP) is 2.44. The fourth-order valence-corrected chi connectivity index (χ4v) is 1.26. The summed E-state index contributed by atoms with van der Waals surface area (Å²) in [5, 5.41) is 0. The van der Waals surface area contributed by atoms with Gasteiger partial charge in [-0.05, 0) is 19.3 Å². The van der Waals surface area contributed by atoms with E-state index in [4.69, 9.17) is 4.74 Å². The van der Waals surface area contributed by atoms with Gasteiger partial charge in [0, 0.05) is 0 Å². The van der Waals surface area contributed by atoms with Crippen molar-refractivity contribution in [3.63, 3.8) is 0 Å². The van der Waals surface area contributed by atoms with Gasteiger partial charge in [0.25, 0.3) is 0 Å². The van der Waals surface area contributed by atoms with Crippen molar-refractivity contribution < 1.29 is 9.53 Å². The van der Waals surface area contributed by atoms with Crippen LogP contribution < -0.4 is 0 Å². The second-order valence-electron chi connectivity index (χ2n) is 3.10. The van der Waals surface area contributed by atoms with E-state index in [0.29, 0.717) is 13.0 Å². The number of rotatable bonds is 0. The number of ether oxygens (including phenoxy) is 1. The molecule has 1 aliphatic rings. The van der Waals surface area contributed by atoms with Gasteiger partial charge < -0.3 is 4.74 Å². The summed E-state index contributed by atoms with van der Waals surface area (Å²) in [4.78, 5) is 10.9. The topological polar surface area (TPSA) is 26.3 Å². The van der Waals surface area contributed by atoms with E-state index in [-0.39, 0.29) is 5.97 Å². The fraction of sp³-hybridized carbons (Fsp3) is 0.700. The summed E-state index contributed by atoms with van der Waals surface area (Å²) in [5.41, 5.74) is 0. The molecule has 0 aromatic heterocycles. The summed E-state index contributed by atoms with van der Waals surface area (Å²) in [5.74, 6) is -0.0897. The molecule has 2 nitrogen and oxygen atoms in total. The van der Waals surface area contributed by atoms with E-state index in [0.717, 1.165) is 12.8 Å². The van der Waals surface area contributed by atoms with Crippen LogP contribution in [0.1, 0.15) is 38.5 Å². The van der Waals surface area contributed by atoms with Gasteiger partial charge in [0.15, 0.2) is 0 Å². The minimum absolute atomic E-state index is 0.0897. The van der Waals surface area contributed by atoms with Gasteiger partial charge in [-0.25, -0.2) is 0 Å². The van der Waals surface area contributed by atoms with Gasteiger partial charge in [-0.3, -0.25) is 4.79 Å². The number of esters is 1. The Labute approximate surface area is 73.6 Å². The molecule has 0 radical (unpaired) electrons. The molecule has 1 aliphatic heterocycles. The lowest BCUT2D eigenvalue weighted by molar-refractivity contribution is -0.142. The number of hydrogen-bond donors (Lipinski definition) is 0. The quantitative estimate of drug-likeness (QED) is 0.410. The molecule has 1 rings (SSSR count). The summed E-state index contributed by atoms with van der Waals surface area (Å²) in [6.45, 7) is 0.604. The first kappa shape index (κ1) is 9.30. The van der Waals surface area contributed by atoms with Crippen molar-refractivity contribution >= 4 is 5.97 Å². The lowest BCUT2D eigenvalue weighted by atomic mass is 10.1. The first-order valence-corrected chi connectivity index (χ1v) is 4.70. The highest BCUT2D eigenvalue weighted by Crippen LogP contribution is 2.06. The van der Waals surface area contributed by atoms with Crippen LogP contribution in [0.2, 0.25) is 0 Å². The Morgan fingerprint density at radius 1 is 1.08 bits per heavy atom. The van der Waals surface area contributed by atoms with Gasteiger partial charge in [0.05, 0.1) is 13.0 Å². The average Bonchev–Trinajstić information content (AvgIpc) is 2.11. The number of allylic oxidation sites excluding steroid dienone is 1. The van der Waals surface area contributed by atoms with Crippen LogP contribution in [-0.2, 0) is 9.53 Å². The third-order valence-corrected chi connectivity index (χ3v) is 1.98. The fourth-order valence-electron chi connectivity index (χ4n) is 1.26. The molecule has 0 unspecified atom stereocenters. The minimum Gasteiger partial charge on any atom is -0.465 e. The Morgan fingerprint density at radius 2 is 1.92 bits per heavy atom. The lowest BCUT2D eigenvalue weighted by Crippen LogP contribution is -2.03. The maximum Gasteiger partial charge on any atom is 0.309 e. The molecule has 0 amide bonds. The second kappa shape index (κ2) is 5.81. The molecule has 1 heterocycles. The molecule has 0 atom stereocenters. The van der Waals surface area contributed by atoms with E-state index >= 15 is 0 Å². The molecular formula is C10H16O2. The SMILES string of the molecule is O=C1CC=CCCCCCCO1. The molecule has 0 N–H and O–H groups in total. The smallest absolute Gasteiger partial charge is 0.309 e. The van der Waals surface area contributed by atoms with Gasteiger partial charge in [-0.1, -0.05) is 25.0 Å². The lowest BCUT2D eigenvalue weighted by Gasteiger charge is -2.01. The first-order valence-electron chi connectivity index (χ1n) is 4.70. The van der Waals surface area contributed by atoms with Crippen molar-refractivity contribution in [1.29, 1.82) is 0 Å². The van der Waals surface area contributed by atoms with Crippen LogP contribution in [0.4, 0.5) is 0 Å². The van der Waals surface area contributed by atoms with Gasteiger partial charge in [0.1, 0.15) is 0 Å². The van der Waals surface area contributed by atoms with Gasteiger partial charge >= 0.3 is 5.97 Å². The molecule has 0 saturated carbocycles. The number of cyclic esters (lactones) is 1. The van der Waals surface area contributed by atoms with Gasteiger partial charge in [0.2, 0.25) is 0 Å². The van der Waals surface area contributed by atoms with Crippen LogP contribution in [0.15, 0.2) is 12.2 Å². The van der Waals surface area contributed by atoms with E-state index in [1.165, 1.54) is 19.3 Å². The molecular weight excluding hydrogens is 152 g/mol. The Bertz CT molecular complexity index is 161. The first-order chi connectivity index (χ1) is 5.89. The second-order valence-corrected chi connectivity index (χ2v) is 3.10. The summed E-state index contributed by atoms with van der Waals surface area (Å²) in [6, 6.07) is 0. The van der Waals surface area contributed by atoms with E-state index in [9.17, 15) is 4.79 Å². The van der Waals surface area contributed by atoms with Gasteiger partial charge in [-0.15, -0.1) is 0 Å². The highest BCUT2D eigenvalue weighted by molar-refractivity contribution is 5.71. The van der Waals surface area contributed by atoms with Crippen molar-refractivity contribution in [2.45, 2.75) is 38.5 Å². The Morgan fingerprint density at radius 3 is 2.83 bits per heavy atom. The summed E-state index contributed by atoms with van der Waals surface area (Å²) < 4.78 is 4.98. The van der Waals surface area contributed by atoms with Crippen molar-refractivity contribution in [3.05, 3.63) is 12.2 Å².